The first-order chi connectivity index (χ1) is 13.6. The Hall–Kier alpha value is -2.68. The number of nitrogens with one attached hydrogen (secondary N) is 1. The lowest BCUT2D eigenvalue weighted by Gasteiger charge is -2.40. The molecule has 1 heterocycles. The molecule has 0 aliphatic carbocycles. The highest BCUT2D eigenvalue weighted by Crippen LogP contribution is 2.25. The van der Waals surface area contributed by atoms with Crippen LogP contribution < -0.4 is 5.32 Å². The van der Waals surface area contributed by atoms with E-state index in [0.717, 1.165) is 44.8 Å². The molecule has 3 rings (SSSR count). The molecule has 0 radical (unpaired) electrons. The molecule has 1 saturated heterocycles. The van der Waals surface area contributed by atoms with Crippen LogP contribution in [-0.2, 0) is 0 Å². The SMILES string of the molecule is CC(=O)c1ccc(C#N)c(NCCCN2CCN(C)CC2c2ccccc2)c1. The lowest BCUT2D eigenvalue weighted by molar-refractivity contribution is 0.0897. The van der Waals surface area contributed by atoms with Crippen molar-refractivity contribution >= 4 is 11.5 Å². The molecule has 2 aromatic rings. The molecule has 1 fully saturated rings. The van der Waals surface area contributed by atoms with Gasteiger partial charge in [-0.1, -0.05) is 30.3 Å². The van der Waals surface area contributed by atoms with Gasteiger partial charge in [0.15, 0.2) is 5.78 Å². The summed E-state index contributed by atoms with van der Waals surface area (Å²) in [6.45, 7) is 6.48. The third-order valence-electron chi connectivity index (χ3n) is 5.36. The van der Waals surface area contributed by atoms with Crippen LogP contribution in [0.2, 0.25) is 0 Å². The lowest BCUT2D eigenvalue weighted by atomic mass is 10.0. The van der Waals surface area contributed by atoms with Crippen molar-refractivity contribution in [1.29, 1.82) is 5.26 Å². The number of hydrogen-bond acceptors (Lipinski definition) is 5. The van der Waals surface area contributed by atoms with Crippen LogP contribution in [0.25, 0.3) is 0 Å². The van der Waals surface area contributed by atoms with Crippen molar-refractivity contribution in [2.24, 2.45) is 0 Å². The molecule has 0 saturated carbocycles. The van der Waals surface area contributed by atoms with Crippen LogP contribution in [0.5, 0.6) is 0 Å². The van der Waals surface area contributed by atoms with E-state index in [-0.39, 0.29) is 5.78 Å². The van der Waals surface area contributed by atoms with Gasteiger partial charge in [-0.05, 0) is 44.2 Å². The van der Waals surface area contributed by atoms with E-state index in [4.69, 9.17) is 0 Å². The lowest BCUT2D eigenvalue weighted by Crippen LogP contribution is -2.47. The maximum atomic E-state index is 11.6. The van der Waals surface area contributed by atoms with Crippen molar-refractivity contribution in [2.75, 3.05) is 45.1 Å². The van der Waals surface area contributed by atoms with Gasteiger partial charge in [0.2, 0.25) is 0 Å². The summed E-state index contributed by atoms with van der Waals surface area (Å²) in [5.74, 6) is 0.00989. The van der Waals surface area contributed by atoms with Crippen LogP contribution in [0.15, 0.2) is 48.5 Å². The molecular formula is C23H28N4O. The number of nitrogens with zero attached hydrogens (tertiary/aromatic N) is 3. The largest absolute Gasteiger partial charge is 0.384 e. The molecule has 1 unspecified atom stereocenters. The monoisotopic (exact) mass is 376 g/mol. The Labute approximate surface area is 167 Å². The van der Waals surface area contributed by atoms with Crippen molar-refractivity contribution in [3.8, 4) is 6.07 Å². The summed E-state index contributed by atoms with van der Waals surface area (Å²) < 4.78 is 0. The normalized spacial score (nSPS) is 17.8. The second kappa shape index (κ2) is 9.50. The molecule has 0 spiro atoms. The molecule has 0 bridgehead atoms. The first-order valence-electron chi connectivity index (χ1n) is 9.85. The molecule has 5 heteroatoms. The van der Waals surface area contributed by atoms with E-state index in [1.807, 2.05) is 0 Å². The molecule has 1 aliphatic rings. The number of hydrogen-bond donors (Lipinski definition) is 1. The van der Waals surface area contributed by atoms with E-state index in [9.17, 15) is 10.1 Å². The van der Waals surface area contributed by atoms with Gasteiger partial charge in [-0.3, -0.25) is 9.69 Å². The predicted octanol–water partition coefficient (Wildman–Crippen LogP) is 3.55. The highest BCUT2D eigenvalue weighted by molar-refractivity contribution is 5.95. The van der Waals surface area contributed by atoms with E-state index < -0.39 is 0 Å². The number of anilines is 1. The number of carbonyl (C=O) groups is 1. The van der Waals surface area contributed by atoms with Crippen LogP contribution in [-0.4, -0.2) is 55.4 Å². The fourth-order valence-corrected chi connectivity index (χ4v) is 3.73. The van der Waals surface area contributed by atoms with E-state index in [2.05, 4.69) is 58.6 Å². The predicted molar refractivity (Wildman–Crippen MR) is 113 cm³/mol. The standard InChI is InChI=1S/C23H28N4O/c1-18(28)20-9-10-21(16-24)22(15-20)25-11-6-12-27-14-13-26(2)17-23(27)19-7-4-3-5-8-19/h3-5,7-10,15,23,25H,6,11-14,17H2,1-2H3. The quantitative estimate of drug-likeness (QED) is 0.591. The summed E-state index contributed by atoms with van der Waals surface area (Å²) in [5, 5.41) is 12.7. The first-order valence-corrected chi connectivity index (χ1v) is 9.85. The van der Waals surface area contributed by atoms with Crippen LogP contribution in [0, 0.1) is 11.3 Å². The number of piperazine rings is 1. The summed E-state index contributed by atoms with van der Waals surface area (Å²) in [7, 11) is 2.18. The molecule has 146 valence electrons. The van der Waals surface area contributed by atoms with Gasteiger partial charge in [0.25, 0.3) is 0 Å². The van der Waals surface area contributed by atoms with Crippen molar-refractivity contribution in [2.45, 2.75) is 19.4 Å². The summed E-state index contributed by atoms with van der Waals surface area (Å²) in [6, 6.07) is 18.5. The molecule has 2 aromatic carbocycles. The minimum atomic E-state index is 0.00989. The number of nitriles is 1. The zero-order valence-electron chi connectivity index (χ0n) is 16.7. The van der Waals surface area contributed by atoms with Crippen molar-refractivity contribution < 1.29 is 4.79 Å². The third kappa shape index (κ3) is 4.98. The molecule has 1 aliphatic heterocycles. The minimum absolute atomic E-state index is 0.00989. The Morgan fingerprint density at radius 2 is 2.00 bits per heavy atom. The van der Waals surface area contributed by atoms with E-state index in [0.29, 0.717) is 17.2 Å². The number of Topliss-reactive ketones (excluding diaryl/α,β-unsaturated/α-hetero) is 1. The zero-order chi connectivity index (χ0) is 19.9. The van der Waals surface area contributed by atoms with E-state index in [1.54, 1.807) is 25.1 Å². The van der Waals surface area contributed by atoms with Crippen LogP contribution in [0.1, 0.15) is 40.9 Å². The maximum Gasteiger partial charge on any atom is 0.159 e. The van der Waals surface area contributed by atoms with Gasteiger partial charge in [-0.25, -0.2) is 0 Å². The molecule has 1 atom stereocenters. The minimum Gasteiger partial charge on any atom is -0.384 e. The average molecular weight is 377 g/mol. The Balaban J connectivity index is 1.59. The van der Waals surface area contributed by atoms with E-state index >= 15 is 0 Å². The second-order valence-corrected chi connectivity index (χ2v) is 7.43. The molecular weight excluding hydrogens is 348 g/mol. The van der Waals surface area contributed by atoms with Crippen LogP contribution >= 0.6 is 0 Å². The molecule has 0 aromatic heterocycles. The summed E-state index contributed by atoms with van der Waals surface area (Å²) in [5.41, 5.74) is 3.31. The van der Waals surface area contributed by atoms with Gasteiger partial charge >= 0.3 is 0 Å². The van der Waals surface area contributed by atoms with Crippen LogP contribution in [0.3, 0.4) is 0 Å². The number of benzene rings is 2. The smallest absolute Gasteiger partial charge is 0.159 e. The van der Waals surface area contributed by atoms with Gasteiger partial charge in [0, 0.05) is 44.3 Å². The van der Waals surface area contributed by atoms with Gasteiger partial charge in [-0.15, -0.1) is 0 Å². The highest BCUT2D eigenvalue weighted by atomic mass is 16.1. The highest BCUT2D eigenvalue weighted by Gasteiger charge is 2.25. The van der Waals surface area contributed by atoms with Gasteiger partial charge < -0.3 is 10.2 Å². The number of rotatable bonds is 7. The van der Waals surface area contributed by atoms with Gasteiger partial charge in [0.1, 0.15) is 6.07 Å². The van der Waals surface area contributed by atoms with Crippen LogP contribution in [0.4, 0.5) is 5.69 Å². The number of ketones is 1. The van der Waals surface area contributed by atoms with Gasteiger partial charge in [-0.2, -0.15) is 5.26 Å². The third-order valence-corrected chi connectivity index (χ3v) is 5.36. The van der Waals surface area contributed by atoms with Gasteiger partial charge in [0.05, 0.1) is 11.3 Å². The summed E-state index contributed by atoms with van der Waals surface area (Å²) in [6.07, 6.45) is 0.974. The molecule has 5 nitrogen and oxygen atoms in total. The Bertz CT molecular complexity index is 843. The number of likely N-dealkylation sites (N-methyl/N-ethyl adjacent to an activating group) is 1. The van der Waals surface area contributed by atoms with E-state index in [1.165, 1.54) is 5.56 Å². The van der Waals surface area contributed by atoms with Crippen molar-refractivity contribution in [3.05, 3.63) is 65.2 Å². The number of carbonyl (C=O) groups excluding carboxylic acids is 1. The Kier molecular flexibility index (Phi) is 6.80. The fraction of sp³-hybridized carbons (Fsp3) is 0.391. The Morgan fingerprint density at radius 3 is 2.71 bits per heavy atom. The maximum absolute atomic E-state index is 11.6. The molecule has 0 amide bonds. The second-order valence-electron chi connectivity index (χ2n) is 7.43. The van der Waals surface area contributed by atoms with Crippen molar-refractivity contribution in [1.82, 2.24) is 9.80 Å². The fourth-order valence-electron chi connectivity index (χ4n) is 3.73. The summed E-state index contributed by atoms with van der Waals surface area (Å²) in [4.78, 5) is 16.5. The summed E-state index contributed by atoms with van der Waals surface area (Å²) >= 11 is 0. The van der Waals surface area contributed by atoms with Crippen molar-refractivity contribution in [3.63, 3.8) is 0 Å². The molecule has 28 heavy (non-hydrogen) atoms. The topological polar surface area (TPSA) is 59.4 Å². The average Bonchev–Trinajstić information content (AvgIpc) is 2.72. The first kappa shape index (κ1) is 20.1. The zero-order valence-corrected chi connectivity index (χ0v) is 16.7. The Morgan fingerprint density at radius 1 is 1.21 bits per heavy atom. The molecule has 1 N–H and O–H groups in total.